The Bertz CT molecular complexity index is 1170. The van der Waals surface area contributed by atoms with Crippen LogP contribution in [0.1, 0.15) is 27.9 Å². The van der Waals surface area contributed by atoms with Crippen LogP contribution < -0.4 is 11.1 Å². The van der Waals surface area contributed by atoms with Crippen LogP contribution in [-0.4, -0.2) is 23.7 Å². The molecule has 0 heterocycles. The zero-order chi connectivity index (χ0) is 22.0. The number of amides is 2. The normalized spacial score (nSPS) is 20.2. The molecule has 2 unspecified atom stereocenters. The molecule has 7 heteroatoms. The van der Waals surface area contributed by atoms with E-state index in [4.69, 9.17) is 28.9 Å². The maximum atomic E-state index is 13.3. The first-order chi connectivity index (χ1) is 14.9. The maximum Gasteiger partial charge on any atom is 0.260 e. The molecule has 1 fully saturated rings. The van der Waals surface area contributed by atoms with Gasteiger partial charge in [0.25, 0.3) is 11.8 Å². The van der Waals surface area contributed by atoms with Crippen LogP contribution in [0.4, 0.5) is 0 Å². The van der Waals surface area contributed by atoms with Crippen molar-refractivity contribution in [2.75, 3.05) is 0 Å². The molecule has 0 bridgehead atoms. The second-order valence-electron chi connectivity index (χ2n) is 7.36. The minimum atomic E-state index is -0.966. The van der Waals surface area contributed by atoms with E-state index >= 15 is 0 Å². The third kappa shape index (κ3) is 4.20. The Balaban J connectivity index is 1.61. The summed E-state index contributed by atoms with van der Waals surface area (Å²) in [6, 6.07) is 22.6. The molecule has 2 atom stereocenters. The van der Waals surface area contributed by atoms with Gasteiger partial charge in [0.1, 0.15) is 5.84 Å². The van der Waals surface area contributed by atoms with Gasteiger partial charge in [-0.15, -0.1) is 0 Å². The molecule has 0 radical (unpaired) electrons. The van der Waals surface area contributed by atoms with Crippen LogP contribution in [0.2, 0.25) is 10.0 Å². The largest absolute Gasteiger partial charge is 0.383 e. The van der Waals surface area contributed by atoms with Crippen molar-refractivity contribution >= 4 is 40.9 Å². The predicted molar refractivity (Wildman–Crippen MR) is 123 cm³/mol. The molecule has 3 aromatic rings. The highest BCUT2D eigenvalue weighted by atomic mass is 35.5. The number of hydrogen-bond acceptors (Lipinski definition) is 2. The van der Waals surface area contributed by atoms with E-state index in [9.17, 15) is 9.59 Å². The van der Waals surface area contributed by atoms with E-state index in [1.807, 2.05) is 48.5 Å². The number of benzene rings is 3. The number of rotatable bonds is 5. The van der Waals surface area contributed by atoms with Gasteiger partial charge in [0.05, 0.1) is 15.5 Å². The lowest BCUT2D eigenvalue weighted by molar-refractivity contribution is -0.120. The summed E-state index contributed by atoms with van der Waals surface area (Å²) in [4.78, 5) is 30.2. The third-order valence-corrected chi connectivity index (χ3v) is 6.15. The maximum absolute atomic E-state index is 13.3. The van der Waals surface area contributed by atoms with Gasteiger partial charge < -0.3 is 11.1 Å². The summed E-state index contributed by atoms with van der Waals surface area (Å²) in [5.74, 6) is -0.587. The number of carbonyl (C=O) groups is 2. The molecule has 1 saturated carbocycles. The molecule has 2 amide bonds. The van der Waals surface area contributed by atoms with Crippen molar-refractivity contribution in [1.82, 2.24) is 5.32 Å². The van der Waals surface area contributed by atoms with Gasteiger partial charge in [0.15, 0.2) is 0 Å². The van der Waals surface area contributed by atoms with Crippen molar-refractivity contribution < 1.29 is 9.59 Å². The summed E-state index contributed by atoms with van der Waals surface area (Å²) in [5, 5.41) is 3.58. The SMILES string of the molecule is NC(=NC(=O)C1(c2ccccc2)CC1NC(=O)c1ccc(Cl)c(Cl)c1)c1ccccc1. The topological polar surface area (TPSA) is 84.5 Å². The van der Waals surface area contributed by atoms with Crippen molar-refractivity contribution in [1.29, 1.82) is 0 Å². The average molecular weight is 452 g/mol. The highest BCUT2D eigenvalue weighted by Crippen LogP contribution is 2.49. The Labute approximate surface area is 189 Å². The highest BCUT2D eigenvalue weighted by molar-refractivity contribution is 6.42. The zero-order valence-electron chi connectivity index (χ0n) is 16.4. The number of halogens is 2. The van der Waals surface area contributed by atoms with E-state index in [-0.39, 0.29) is 22.7 Å². The molecule has 156 valence electrons. The second kappa shape index (κ2) is 8.53. The number of hydrogen-bond donors (Lipinski definition) is 2. The Hall–Kier alpha value is -3.15. The van der Waals surface area contributed by atoms with E-state index in [1.165, 1.54) is 6.07 Å². The lowest BCUT2D eigenvalue weighted by atomic mass is 9.94. The van der Waals surface area contributed by atoms with Gasteiger partial charge >= 0.3 is 0 Å². The molecule has 1 aliphatic carbocycles. The van der Waals surface area contributed by atoms with Gasteiger partial charge in [-0.2, -0.15) is 4.99 Å². The second-order valence-corrected chi connectivity index (χ2v) is 8.18. The molecule has 5 nitrogen and oxygen atoms in total. The van der Waals surface area contributed by atoms with Crippen LogP contribution in [0.15, 0.2) is 83.9 Å². The summed E-state index contributed by atoms with van der Waals surface area (Å²) in [6.45, 7) is 0. The summed E-state index contributed by atoms with van der Waals surface area (Å²) >= 11 is 12.0. The van der Waals surface area contributed by atoms with Gasteiger partial charge in [0, 0.05) is 17.2 Å². The fourth-order valence-corrected chi connectivity index (χ4v) is 3.91. The van der Waals surface area contributed by atoms with Crippen LogP contribution in [0.5, 0.6) is 0 Å². The number of nitrogens with one attached hydrogen (secondary N) is 1. The summed E-state index contributed by atoms with van der Waals surface area (Å²) in [5.41, 5.74) is 6.92. The number of nitrogens with two attached hydrogens (primary N) is 1. The Kier molecular flexibility index (Phi) is 5.81. The molecule has 0 saturated heterocycles. The molecule has 0 spiro atoms. The van der Waals surface area contributed by atoms with Crippen LogP contribution in [0.25, 0.3) is 0 Å². The molecule has 0 aliphatic heterocycles. The number of amidine groups is 1. The van der Waals surface area contributed by atoms with Crippen LogP contribution >= 0.6 is 23.2 Å². The molecular formula is C24H19Cl2N3O2. The predicted octanol–water partition coefficient (Wildman–Crippen LogP) is 4.37. The molecule has 4 rings (SSSR count). The molecule has 1 aliphatic rings. The first kappa shape index (κ1) is 21.1. The van der Waals surface area contributed by atoms with E-state index < -0.39 is 11.5 Å². The monoisotopic (exact) mass is 451 g/mol. The summed E-state index contributed by atoms with van der Waals surface area (Å²) < 4.78 is 0. The van der Waals surface area contributed by atoms with E-state index in [0.29, 0.717) is 22.6 Å². The minimum absolute atomic E-state index is 0.141. The van der Waals surface area contributed by atoms with Gasteiger partial charge in [-0.05, 0) is 30.2 Å². The molecule has 0 aromatic heterocycles. The molecular weight excluding hydrogens is 433 g/mol. The lowest BCUT2D eigenvalue weighted by Crippen LogP contribution is -2.35. The Morgan fingerprint density at radius 3 is 2.19 bits per heavy atom. The van der Waals surface area contributed by atoms with E-state index in [1.54, 1.807) is 24.3 Å². The van der Waals surface area contributed by atoms with Gasteiger partial charge in [-0.1, -0.05) is 83.9 Å². The van der Waals surface area contributed by atoms with Crippen LogP contribution in [0.3, 0.4) is 0 Å². The smallest absolute Gasteiger partial charge is 0.260 e. The lowest BCUT2D eigenvalue weighted by Gasteiger charge is -2.16. The van der Waals surface area contributed by atoms with Crippen LogP contribution in [-0.2, 0) is 10.2 Å². The van der Waals surface area contributed by atoms with Crippen molar-refractivity contribution in [2.24, 2.45) is 10.7 Å². The van der Waals surface area contributed by atoms with Crippen molar-refractivity contribution in [3.05, 3.63) is 106 Å². The number of nitrogens with zero attached hydrogens (tertiary/aromatic N) is 1. The van der Waals surface area contributed by atoms with E-state index in [2.05, 4.69) is 10.3 Å². The van der Waals surface area contributed by atoms with Crippen molar-refractivity contribution in [3.63, 3.8) is 0 Å². The first-order valence-electron chi connectivity index (χ1n) is 9.67. The van der Waals surface area contributed by atoms with Crippen molar-refractivity contribution in [3.8, 4) is 0 Å². The fraction of sp³-hybridized carbons (Fsp3) is 0.125. The van der Waals surface area contributed by atoms with Gasteiger partial charge in [0.2, 0.25) is 0 Å². The van der Waals surface area contributed by atoms with Gasteiger partial charge in [-0.25, -0.2) is 0 Å². The third-order valence-electron chi connectivity index (χ3n) is 5.41. The Morgan fingerprint density at radius 2 is 1.55 bits per heavy atom. The summed E-state index contributed by atoms with van der Waals surface area (Å²) in [7, 11) is 0. The molecule has 31 heavy (non-hydrogen) atoms. The van der Waals surface area contributed by atoms with Crippen molar-refractivity contribution in [2.45, 2.75) is 17.9 Å². The van der Waals surface area contributed by atoms with Crippen LogP contribution in [0, 0.1) is 0 Å². The van der Waals surface area contributed by atoms with Gasteiger partial charge in [-0.3, -0.25) is 9.59 Å². The first-order valence-corrected chi connectivity index (χ1v) is 10.4. The quantitative estimate of drug-likeness (QED) is 0.446. The molecule has 3 aromatic carbocycles. The molecule has 3 N–H and O–H groups in total. The number of aliphatic imine (C=N–C) groups is 1. The highest BCUT2D eigenvalue weighted by Gasteiger charge is 2.62. The number of carbonyl (C=O) groups excluding carboxylic acids is 2. The van der Waals surface area contributed by atoms with E-state index in [0.717, 1.165) is 5.56 Å². The minimum Gasteiger partial charge on any atom is -0.383 e. The summed E-state index contributed by atoms with van der Waals surface area (Å²) in [6.07, 6.45) is 0.425. The fourth-order valence-electron chi connectivity index (χ4n) is 3.61. The average Bonchev–Trinajstić information content (AvgIpc) is 3.51. The Morgan fingerprint density at radius 1 is 0.903 bits per heavy atom. The zero-order valence-corrected chi connectivity index (χ0v) is 17.9. The standard InChI is InChI=1S/C24H19Cl2N3O2/c25-18-12-11-16(13-19(18)26)22(30)28-20-14-24(20,17-9-5-2-6-10-17)23(31)29-21(27)15-7-3-1-4-8-15/h1-13,20H,14H2,(H,28,30)(H2,27,29,31).